The van der Waals surface area contributed by atoms with Gasteiger partial charge in [-0.1, -0.05) is 19.3 Å². The molecule has 20 heavy (non-hydrogen) atoms. The summed E-state index contributed by atoms with van der Waals surface area (Å²) in [5.74, 6) is 0.393. The highest BCUT2D eigenvalue weighted by molar-refractivity contribution is 5.82. The van der Waals surface area contributed by atoms with Crippen molar-refractivity contribution in [3.05, 3.63) is 29.8 Å². The van der Waals surface area contributed by atoms with E-state index in [0.717, 1.165) is 37.8 Å². The molecule has 1 aliphatic carbocycles. The van der Waals surface area contributed by atoms with Gasteiger partial charge in [-0.25, -0.2) is 0 Å². The van der Waals surface area contributed by atoms with E-state index in [1.54, 1.807) is 0 Å². The van der Waals surface area contributed by atoms with Crippen LogP contribution in [0.1, 0.15) is 37.7 Å². The molecular weight excluding hydrogens is 269 g/mol. The summed E-state index contributed by atoms with van der Waals surface area (Å²) < 4.78 is 42.4. The van der Waals surface area contributed by atoms with E-state index in [2.05, 4.69) is 0 Å². The molecule has 1 saturated carbocycles. The molecule has 1 fully saturated rings. The predicted octanol–water partition coefficient (Wildman–Crippen LogP) is 4.23. The van der Waals surface area contributed by atoms with E-state index in [0.29, 0.717) is 5.75 Å². The van der Waals surface area contributed by atoms with E-state index in [9.17, 15) is 18.0 Å². The summed E-state index contributed by atoms with van der Waals surface area (Å²) in [6, 6.07) is 4.41. The molecule has 0 spiro atoms. The number of carbonyl (C=O) groups excluding carboxylic acids is 1. The maximum absolute atomic E-state index is 12.4. The molecule has 0 bridgehead atoms. The Morgan fingerprint density at radius 3 is 2.25 bits per heavy atom. The highest BCUT2D eigenvalue weighted by Gasteiger charge is 2.30. The SMILES string of the molecule is O=C(COc1ccc(C(F)(F)F)cc1)C1CCCCC1. The van der Waals surface area contributed by atoms with Crippen molar-refractivity contribution in [2.24, 2.45) is 5.92 Å². The molecule has 1 aromatic carbocycles. The average molecular weight is 286 g/mol. The number of ether oxygens (including phenoxy) is 1. The Morgan fingerprint density at radius 2 is 1.70 bits per heavy atom. The fraction of sp³-hybridized carbons (Fsp3) is 0.533. The molecule has 0 unspecified atom stereocenters. The number of carbonyl (C=O) groups is 1. The number of hydrogen-bond donors (Lipinski definition) is 0. The van der Waals surface area contributed by atoms with Gasteiger partial charge in [-0.2, -0.15) is 13.2 Å². The number of rotatable bonds is 4. The minimum absolute atomic E-state index is 0.0459. The Kier molecular flexibility index (Phi) is 4.68. The number of alkyl halides is 3. The minimum atomic E-state index is -4.35. The Balaban J connectivity index is 1.86. The first-order valence-electron chi connectivity index (χ1n) is 6.79. The lowest BCUT2D eigenvalue weighted by molar-refractivity contribution is -0.137. The second-order valence-corrected chi connectivity index (χ2v) is 5.11. The fourth-order valence-corrected chi connectivity index (χ4v) is 2.44. The van der Waals surface area contributed by atoms with Crippen LogP contribution < -0.4 is 4.74 Å². The van der Waals surface area contributed by atoms with Gasteiger partial charge in [0.25, 0.3) is 0 Å². The first-order valence-corrected chi connectivity index (χ1v) is 6.79. The van der Waals surface area contributed by atoms with Crippen molar-refractivity contribution in [1.29, 1.82) is 0 Å². The van der Waals surface area contributed by atoms with Crippen LogP contribution in [0.15, 0.2) is 24.3 Å². The van der Waals surface area contributed by atoms with Crippen LogP contribution in [0.25, 0.3) is 0 Å². The van der Waals surface area contributed by atoms with Crippen LogP contribution in [0.3, 0.4) is 0 Å². The van der Waals surface area contributed by atoms with E-state index < -0.39 is 11.7 Å². The molecule has 0 amide bonds. The largest absolute Gasteiger partial charge is 0.486 e. The lowest BCUT2D eigenvalue weighted by atomic mass is 9.86. The van der Waals surface area contributed by atoms with Crippen LogP contribution in [0, 0.1) is 5.92 Å². The van der Waals surface area contributed by atoms with Gasteiger partial charge in [0.1, 0.15) is 12.4 Å². The molecule has 2 rings (SSSR count). The fourth-order valence-electron chi connectivity index (χ4n) is 2.44. The summed E-state index contributed by atoms with van der Waals surface area (Å²) in [5.41, 5.74) is -0.719. The smallest absolute Gasteiger partial charge is 0.416 e. The second-order valence-electron chi connectivity index (χ2n) is 5.11. The highest BCUT2D eigenvalue weighted by atomic mass is 19.4. The Labute approximate surface area is 115 Å². The average Bonchev–Trinajstić information content (AvgIpc) is 2.45. The van der Waals surface area contributed by atoms with Gasteiger partial charge >= 0.3 is 6.18 Å². The molecule has 2 nitrogen and oxygen atoms in total. The zero-order valence-electron chi connectivity index (χ0n) is 11.1. The molecule has 0 saturated heterocycles. The molecule has 0 aromatic heterocycles. The summed E-state index contributed by atoms with van der Waals surface area (Å²) >= 11 is 0. The third-order valence-electron chi connectivity index (χ3n) is 3.62. The number of hydrogen-bond acceptors (Lipinski definition) is 2. The molecule has 1 aromatic rings. The van der Waals surface area contributed by atoms with Gasteiger partial charge in [0.05, 0.1) is 5.56 Å². The van der Waals surface area contributed by atoms with Crippen LogP contribution in [-0.2, 0) is 11.0 Å². The number of ketones is 1. The molecule has 0 heterocycles. The number of benzene rings is 1. The summed E-state index contributed by atoms with van der Waals surface area (Å²) in [6.07, 6.45) is 0.748. The van der Waals surface area contributed by atoms with Crippen LogP contribution in [0.5, 0.6) is 5.75 Å². The van der Waals surface area contributed by atoms with Crippen molar-refractivity contribution in [2.75, 3.05) is 6.61 Å². The van der Waals surface area contributed by atoms with E-state index in [1.807, 2.05) is 0 Å². The van der Waals surface area contributed by atoms with Gasteiger partial charge in [0.2, 0.25) is 0 Å². The zero-order valence-corrected chi connectivity index (χ0v) is 11.1. The minimum Gasteiger partial charge on any atom is -0.486 e. The maximum atomic E-state index is 12.4. The van der Waals surface area contributed by atoms with Gasteiger partial charge in [-0.3, -0.25) is 4.79 Å². The summed E-state index contributed by atoms with van der Waals surface area (Å²) in [4.78, 5) is 11.9. The molecule has 0 atom stereocenters. The standard InChI is InChI=1S/C15H17F3O2/c16-15(17,18)12-6-8-13(9-7-12)20-10-14(19)11-4-2-1-3-5-11/h6-9,11H,1-5,10H2. The zero-order chi connectivity index (χ0) is 14.6. The summed E-state index contributed by atoms with van der Waals surface area (Å²) in [7, 11) is 0. The van der Waals surface area contributed by atoms with Gasteiger partial charge in [0, 0.05) is 5.92 Å². The van der Waals surface area contributed by atoms with Crippen molar-refractivity contribution in [2.45, 2.75) is 38.3 Å². The lowest BCUT2D eigenvalue weighted by Crippen LogP contribution is -2.23. The van der Waals surface area contributed by atoms with E-state index in [1.165, 1.54) is 18.6 Å². The Hall–Kier alpha value is -1.52. The van der Waals surface area contributed by atoms with Crippen molar-refractivity contribution < 1.29 is 22.7 Å². The third kappa shape index (κ3) is 3.99. The van der Waals surface area contributed by atoms with E-state index in [-0.39, 0.29) is 18.3 Å². The molecule has 1 aliphatic rings. The highest BCUT2D eigenvalue weighted by Crippen LogP contribution is 2.30. The van der Waals surface area contributed by atoms with Crippen LogP contribution in [0.4, 0.5) is 13.2 Å². The quantitative estimate of drug-likeness (QED) is 0.827. The van der Waals surface area contributed by atoms with Crippen LogP contribution >= 0.6 is 0 Å². The normalized spacial score (nSPS) is 16.9. The molecule has 0 radical (unpaired) electrons. The van der Waals surface area contributed by atoms with Crippen molar-refractivity contribution in [3.8, 4) is 5.75 Å². The summed E-state index contributed by atoms with van der Waals surface area (Å²) in [6.45, 7) is -0.0595. The molecule has 110 valence electrons. The molecular formula is C15H17F3O2. The Bertz CT molecular complexity index is 445. The first-order chi connectivity index (χ1) is 9.47. The molecule has 0 N–H and O–H groups in total. The summed E-state index contributed by atoms with van der Waals surface area (Å²) in [5, 5.41) is 0. The first kappa shape index (κ1) is 14.9. The lowest BCUT2D eigenvalue weighted by Gasteiger charge is -2.20. The predicted molar refractivity (Wildman–Crippen MR) is 68.5 cm³/mol. The number of halogens is 3. The van der Waals surface area contributed by atoms with Crippen molar-refractivity contribution >= 4 is 5.78 Å². The van der Waals surface area contributed by atoms with Crippen molar-refractivity contribution in [3.63, 3.8) is 0 Å². The van der Waals surface area contributed by atoms with Crippen LogP contribution in [0.2, 0.25) is 0 Å². The van der Waals surface area contributed by atoms with E-state index in [4.69, 9.17) is 4.74 Å². The molecule has 0 aliphatic heterocycles. The third-order valence-corrected chi connectivity index (χ3v) is 3.62. The molecule has 5 heteroatoms. The van der Waals surface area contributed by atoms with Gasteiger partial charge < -0.3 is 4.74 Å². The second kappa shape index (κ2) is 6.29. The topological polar surface area (TPSA) is 26.3 Å². The Morgan fingerprint density at radius 1 is 1.10 bits per heavy atom. The van der Waals surface area contributed by atoms with Gasteiger partial charge in [-0.05, 0) is 37.1 Å². The van der Waals surface area contributed by atoms with Gasteiger partial charge in [0.15, 0.2) is 5.78 Å². The monoisotopic (exact) mass is 286 g/mol. The number of Topliss-reactive ketones (excluding diaryl/α,β-unsaturated/α-hetero) is 1. The van der Waals surface area contributed by atoms with Crippen LogP contribution in [-0.4, -0.2) is 12.4 Å². The van der Waals surface area contributed by atoms with Gasteiger partial charge in [-0.15, -0.1) is 0 Å². The van der Waals surface area contributed by atoms with E-state index >= 15 is 0 Å². The van der Waals surface area contributed by atoms with Crippen molar-refractivity contribution in [1.82, 2.24) is 0 Å². The maximum Gasteiger partial charge on any atom is 0.416 e.